The van der Waals surface area contributed by atoms with Crippen LogP contribution in [0, 0.1) is 0 Å². The number of carbonyl (C=O) groups is 1. The second kappa shape index (κ2) is 4.56. The van der Waals surface area contributed by atoms with Gasteiger partial charge >= 0.3 is 0 Å². The zero-order valence-electron chi connectivity index (χ0n) is 8.66. The van der Waals surface area contributed by atoms with Crippen LogP contribution in [0.5, 0.6) is 0 Å². The number of benzene rings is 1. The zero-order valence-corrected chi connectivity index (χ0v) is 8.66. The zero-order chi connectivity index (χ0) is 10.7. The van der Waals surface area contributed by atoms with Crippen molar-refractivity contribution in [3.05, 3.63) is 35.4 Å². The van der Waals surface area contributed by atoms with Gasteiger partial charge in [-0.1, -0.05) is 37.1 Å². The van der Waals surface area contributed by atoms with Gasteiger partial charge in [-0.3, -0.25) is 4.79 Å². The van der Waals surface area contributed by atoms with Gasteiger partial charge in [0.15, 0.2) is 0 Å². The van der Waals surface area contributed by atoms with Crippen molar-refractivity contribution in [1.82, 2.24) is 0 Å². The van der Waals surface area contributed by atoms with Gasteiger partial charge in [0.25, 0.3) is 0 Å². The first kappa shape index (κ1) is 10.3. The summed E-state index contributed by atoms with van der Waals surface area (Å²) in [5, 5.41) is 0. The SMILES string of the molecule is O=Cc1ccccc1C1CCCCC1F. The molecular formula is C13H15FO. The highest BCUT2D eigenvalue weighted by molar-refractivity contribution is 5.77. The highest BCUT2D eigenvalue weighted by atomic mass is 19.1. The Morgan fingerprint density at radius 3 is 2.67 bits per heavy atom. The fourth-order valence-electron chi connectivity index (χ4n) is 2.39. The third-order valence-electron chi connectivity index (χ3n) is 3.20. The second-order valence-electron chi connectivity index (χ2n) is 4.15. The van der Waals surface area contributed by atoms with Crippen LogP contribution in [0.15, 0.2) is 24.3 Å². The number of alkyl halides is 1. The summed E-state index contributed by atoms with van der Waals surface area (Å²) in [5.41, 5.74) is 1.53. The molecule has 0 saturated heterocycles. The van der Waals surface area contributed by atoms with Crippen LogP contribution in [0.2, 0.25) is 0 Å². The van der Waals surface area contributed by atoms with Crippen LogP contribution in [-0.4, -0.2) is 12.5 Å². The molecule has 0 aromatic heterocycles. The lowest BCUT2D eigenvalue weighted by Crippen LogP contribution is -2.19. The topological polar surface area (TPSA) is 17.1 Å². The standard InChI is InChI=1S/C13H15FO/c14-13-8-4-3-7-12(13)11-6-2-1-5-10(11)9-15/h1-2,5-6,9,12-13H,3-4,7-8H2. The summed E-state index contributed by atoms with van der Waals surface area (Å²) in [5.74, 6) is -0.0693. The molecule has 1 aliphatic carbocycles. The first-order valence-corrected chi connectivity index (χ1v) is 5.51. The maximum atomic E-state index is 13.7. The summed E-state index contributed by atoms with van der Waals surface area (Å²) >= 11 is 0. The van der Waals surface area contributed by atoms with Gasteiger partial charge < -0.3 is 0 Å². The Morgan fingerprint density at radius 1 is 1.20 bits per heavy atom. The molecule has 15 heavy (non-hydrogen) atoms. The summed E-state index contributed by atoms with van der Waals surface area (Å²) in [6.07, 6.45) is 3.60. The molecule has 0 bridgehead atoms. The van der Waals surface area contributed by atoms with Gasteiger partial charge in [0, 0.05) is 11.5 Å². The number of aldehydes is 1. The van der Waals surface area contributed by atoms with E-state index in [2.05, 4.69) is 0 Å². The van der Waals surface area contributed by atoms with Crippen LogP contribution in [-0.2, 0) is 0 Å². The Bertz CT molecular complexity index is 348. The number of rotatable bonds is 2. The van der Waals surface area contributed by atoms with Crippen molar-refractivity contribution < 1.29 is 9.18 Å². The molecule has 1 fully saturated rings. The minimum atomic E-state index is -0.778. The van der Waals surface area contributed by atoms with E-state index in [1.807, 2.05) is 18.2 Å². The van der Waals surface area contributed by atoms with Crippen LogP contribution >= 0.6 is 0 Å². The lowest BCUT2D eigenvalue weighted by Gasteiger charge is -2.27. The molecule has 1 nitrogen and oxygen atoms in total. The summed E-state index contributed by atoms with van der Waals surface area (Å²) in [4.78, 5) is 10.9. The number of hydrogen-bond acceptors (Lipinski definition) is 1. The van der Waals surface area contributed by atoms with E-state index in [1.165, 1.54) is 0 Å². The van der Waals surface area contributed by atoms with Gasteiger partial charge in [0.05, 0.1) is 0 Å². The number of halogens is 1. The van der Waals surface area contributed by atoms with E-state index in [1.54, 1.807) is 6.07 Å². The van der Waals surface area contributed by atoms with Crippen molar-refractivity contribution in [3.63, 3.8) is 0 Å². The summed E-state index contributed by atoms with van der Waals surface area (Å²) in [6, 6.07) is 7.35. The Morgan fingerprint density at radius 2 is 1.93 bits per heavy atom. The highest BCUT2D eigenvalue weighted by Gasteiger charge is 2.27. The summed E-state index contributed by atoms with van der Waals surface area (Å²) in [7, 11) is 0. The predicted molar refractivity (Wildman–Crippen MR) is 57.9 cm³/mol. The normalized spacial score (nSPS) is 26.2. The third kappa shape index (κ3) is 2.09. The average molecular weight is 206 g/mol. The maximum absolute atomic E-state index is 13.7. The van der Waals surface area contributed by atoms with Crippen molar-refractivity contribution in [1.29, 1.82) is 0 Å². The summed E-state index contributed by atoms with van der Waals surface area (Å²) < 4.78 is 13.7. The van der Waals surface area contributed by atoms with Crippen molar-refractivity contribution in [2.75, 3.05) is 0 Å². The molecule has 0 heterocycles. The smallest absolute Gasteiger partial charge is 0.150 e. The predicted octanol–water partition coefficient (Wildman–Crippen LogP) is 3.49. The fourth-order valence-corrected chi connectivity index (χ4v) is 2.39. The van der Waals surface area contributed by atoms with E-state index >= 15 is 0 Å². The molecule has 1 aromatic rings. The Labute approximate surface area is 89.3 Å². The molecule has 0 amide bonds. The Balaban J connectivity index is 2.30. The molecule has 1 saturated carbocycles. The van der Waals surface area contributed by atoms with Crippen molar-refractivity contribution in [2.45, 2.75) is 37.8 Å². The molecule has 0 aliphatic heterocycles. The largest absolute Gasteiger partial charge is 0.298 e. The van der Waals surface area contributed by atoms with Gasteiger partial charge in [-0.2, -0.15) is 0 Å². The Kier molecular flexibility index (Phi) is 3.14. The van der Waals surface area contributed by atoms with Gasteiger partial charge in [0.1, 0.15) is 12.5 Å². The quantitative estimate of drug-likeness (QED) is 0.677. The van der Waals surface area contributed by atoms with E-state index in [-0.39, 0.29) is 5.92 Å². The molecule has 1 aliphatic rings. The van der Waals surface area contributed by atoms with Gasteiger partial charge in [-0.15, -0.1) is 0 Å². The minimum absolute atomic E-state index is 0.0693. The minimum Gasteiger partial charge on any atom is -0.298 e. The lowest BCUT2D eigenvalue weighted by molar-refractivity contribution is 0.112. The number of carbonyl (C=O) groups excluding carboxylic acids is 1. The lowest BCUT2D eigenvalue weighted by atomic mass is 9.81. The second-order valence-corrected chi connectivity index (χ2v) is 4.15. The van der Waals surface area contributed by atoms with E-state index in [9.17, 15) is 9.18 Å². The molecule has 0 N–H and O–H groups in total. The van der Waals surface area contributed by atoms with Gasteiger partial charge in [-0.25, -0.2) is 4.39 Å². The summed E-state index contributed by atoms with van der Waals surface area (Å²) in [6.45, 7) is 0. The number of hydrogen-bond donors (Lipinski definition) is 0. The van der Waals surface area contributed by atoms with Crippen LogP contribution in [0.1, 0.15) is 47.5 Å². The monoisotopic (exact) mass is 206 g/mol. The molecule has 2 rings (SSSR count). The first-order chi connectivity index (χ1) is 7.33. The van der Waals surface area contributed by atoms with Gasteiger partial charge in [-0.05, 0) is 18.4 Å². The van der Waals surface area contributed by atoms with E-state index in [0.717, 1.165) is 31.1 Å². The maximum Gasteiger partial charge on any atom is 0.150 e. The average Bonchev–Trinajstić information content (AvgIpc) is 2.30. The van der Waals surface area contributed by atoms with E-state index in [0.29, 0.717) is 12.0 Å². The van der Waals surface area contributed by atoms with E-state index < -0.39 is 6.17 Å². The van der Waals surface area contributed by atoms with Crippen LogP contribution in [0.3, 0.4) is 0 Å². The van der Waals surface area contributed by atoms with Gasteiger partial charge in [0.2, 0.25) is 0 Å². The molecule has 80 valence electrons. The van der Waals surface area contributed by atoms with Crippen LogP contribution < -0.4 is 0 Å². The molecule has 2 unspecified atom stereocenters. The molecule has 0 radical (unpaired) electrons. The van der Waals surface area contributed by atoms with Crippen molar-refractivity contribution in [2.24, 2.45) is 0 Å². The molecule has 2 atom stereocenters. The molecular weight excluding hydrogens is 191 g/mol. The third-order valence-corrected chi connectivity index (χ3v) is 3.20. The van der Waals surface area contributed by atoms with Crippen LogP contribution in [0.25, 0.3) is 0 Å². The fraction of sp³-hybridized carbons (Fsp3) is 0.462. The first-order valence-electron chi connectivity index (χ1n) is 5.51. The van der Waals surface area contributed by atoms with Crippen molar-refractivity contribution >= 4 is 6.29 Å². The molecule has 2 heteroatoms. The van der Waals surface area contributed by atoms with E-state index in [4.69, 9.17) is 0 Å². The van der Waals surface area contributed by atoms with Crippen molar-refractivity contribution in [3.8, 4) is 0 Å². The Hall–Kier alpha value is -1.18. The molecule has 1 aromatic carbocycles. The van der Waals surface area contributed by atoms with Crippen LogP contribution in [0.4, 0.5) is 4.39 Å². The highest BCUT2D eigenvalue weighted by Crippen LogP contribution is 2.36. The molecule has 0 spiro atoms.